The van der Waals surface area contributed by atoms with Crippen LogP contribution < -0.4 is 11.1 Å². The fourth-order valence-electron chi connectivity index (χ4n) is 1.98. The van der Waals surface area contributed by atoms with Gasteiger partial charge >= 0.3 is 0 Å². The predicted molar refractivity (Wildman–Crippen MR) is 64.1 cm³/mol. The van der Waals surface area contributed by atoms with Crippen LogP contribution >= 0.6 is 0 Å². The number of nitrogens with one attached hydrogen (secondary N) is 1. The zero-order chi connectivity index (χ0) is 11.8. The molecule has 94 valence electrons. The minimum atomic E-state index is 0.162. The van der Waals surface area contributed by atoms with Gasteiger partial charge in [-0.25, -0.2) is 0 Å². The van der Waals surface area contributed by atoms with Gasteiger partial charge in [0.25, 0.3) is 0 Å². The van der Waals surface area contributed by atoms with E-state index >= 15 is 0 Å². The molecule has 1 aliphatic rings. The Bertz CT molecular complexity index is 209. The number of rotatable bonds is 7. The highest BCUT2D eigenvalue weighted by Crippen LogP contribution is 2.13. The van der Waals surface area contributed by atoms with E-state index in [1.807, 2.05) is 6.92 Å². The van der Waals surface area contributed by atoms with E-state index in [1.165, 1.54) is 0 Å². The molecule has 0 aromatic heterocycles. The number of carbonyl (C=O) groups excluding carboxylic acids is 1. The number of carbonyl (C=O) groups is 1. The van der Waals surface area contributed by atoms with Crippen molar-refractivity contribution >= 4 is 5.91 Å². The van der Waals surface area contributed by atoms with Crippen molar-refractivity contribution in [2.45, 2.75) is 57.6 Å². The molecule has 1 amide bonds. The second kappa shape index (κ2) is 7.63. The number of hydrogen-bond donors (Lipinski definition) is 2. The Morgan fingerprint density at radius 2 is 2.12 bits per heavy atom. The molecule has 0 spiro atoms. The summed E-state index contributed by atoms with van der Waals surface area (Å²) < 4.78 is 5.40. The van der Waals surface area contributed by atoms with Gasteiger partial charge < -0.3 is 15.8 Å². The Labute approximate surface area is 97.9 Å². The van der Waals surface area contributed by atoms with Gasteiger partial charge in [-0.15, -0.1) is 0 Å². The number of ether oxygens (including phenoxy) is 1. The van der Waals surface area contributed by atoms with Crippen molar-refractivity contribution in [3.05, 3.63) is 0 Å². The summed E-state index contributed by atoms with van der Waals surface area (Å²) in [5, 5.41) is 3.03. The molecule has 4 heteroatoms. The topological polar surface area (TPSA) is 64.3 Å². The first kappa shape index (κ1) is 13.5. The van der Waals surface area contributed by atoms with Crippen molar-refractivity contribution < 1.29 is 9.53 Å². The first-order valence-electron chi connectivity index (χ1n) is 6.35. The van der Waals surface area contributed by atoms with E-state index in [4.69, 9.17) is 10.5 Å². The fourth-order valence-corrected chi connectivity index (χ4v) is 1.98. The Hall–Kier alpha value is -0.610. The molecule has 1 aliphatic heterocycles. The summed E-state index contributed by atoms with van der Waals surface area (Å²) in [5.74, 6) is 0.162. The predicted octanol–water partition coefficient (Wildman–Crippen LogP) is 1.19. The first-order chi connectivity index (χ1) is 7.74. The fraction of sp³-hybridized carbons (Fsp3) is 0.917. The van der Waals surface area contributed by atoms with Gasteiger partial charge in [0.15, 0.2) is 0 Å². The molecular formula is C12H24N2O2. The van der Waals surface area contributed by atoms with Crippen LogP contribution in [0.15, 0.2) is 0 Å². The molecular weight excluding hydrogens is 204 g/mol. The molecule has 0 bridgehead atoms. The molecule has 3 N–H and O–H groups in total. The highest BCUT2D eigenvalue weighted by Gasteiger charge is 2.25. The Kier molecular flexibility index (Phi) is 6.42. The van der Waals surface area contributed by atoms with Crippen LogP contribution in [0, 0.1) is 0 Å². The lowest BCUT2D eigenvalue weighted by atomic mass is 10.1. The van der Waals surface area contributed by atoms with Gasteiger partial charge in [0.1, 0.15) is 0 Å². The van der Waals surface area contributed by atoms with Crippen LogP contribution in [-0.2, 0) is 9.53 Å². The van der Waals surface area contributed by atoms with E-state index in [0.29, 0.717) is 6.42 Å². The maximum Gasteiger partial charge on any atom is 0.220 e. The first-order valence-corrected chi connectivity index (χ1v) is 6.35. The Morgan fingerprint density at radius 3 is 2.75 bits per heavy atom. The monoisotopic (exact) mass is 228 g/mol. The van der Waals surface area contributed by atoms with Crippen molar-refractivity contribution in [1.29, 1.82) is 0 Å². The molecule has 0 aromatic rings. The zero-order valence-electron chi connectivity index (χ0n) is 10.2. The van der Waals surface area contributed by atoms with E-state index < -0.39 is 0 Å². The summed E-state index contributed by atoms with van der Waals surface area (Å²) in [6, 6.07) is 0.219. The average Bonchev–Trinajstić information content (AvgIpc) is 2.64. The molecule has 2 atom stereocenters. The van der Waals surface area contributed by atoms with Gasteiger partial charge in [0.2, 0.25) is 5.91 Å². The van der Waals surface area contributed by atoms with Crippen LogP contribution in [0.5, 0.6) is 0 Å². The van der Waals surface area contributed by atoms with Crippen molar-refractivity contribution in [3.8, 4) is 0 Å². The summed E-state index contributed by atoms with van der Waals surface area (Å²) in [7, 11) is 0. The summed E-state index contributed by atoms with van der Waals surface area (Å²) in [4.78, 5) is 11.6. The highest BCUT2D eigenvalue weighted by molar-refractivity contribution is 5.76. The van der Waals surface area contributed by atoms with Gasteiger partial charge in [-0.2, -0.15) is 0 Å². The second-order valence-electron chi connectivity index (χ2n) is 4.49. The van der Waals surface area contributed by atoms with Crippen LogP contribution in [0.4, 0.5) is 0 Å². The van der Waals surface area contributed by atoms with Crippen molar-refractivity contribution in [2.75, 3.05) is 13.2 Å². The van der Waals surface area contributed by atoms with Gasteiger partial charge in [-0.05, 0) is 32.7 Å². The maximum absolute atomic E-state index is 11.6. The van der Waals surface area contributed by atoms with Crippen molar-refractivity contribution in [2.24, 2.45) is 5.73 Å². The smallest absolute Gasteiger partial charge is 0.220 e. The van der Waals surface area contributed by atoms with E-state index in [2.05, 4.69) is 5.32 Å². The molecule has 0 saturated carbocycles. The average molecular weight is 228 g/mol. The lowest BCUT2D eigenvalue weighted by Crippen LogP contribution is -2.39. The Morgan fingerprint density at radius 1 is 1.38 bits per heavy atom. The van der Waals surface area contributed by atoms with Crippen LogP contribution in [0.3, 0.4) is 0 Å². The number of amides is 1. The molecule has 1 heterocycles. The number of hydrogen-bond acceptors (Lipinski definition) is 3. The van der Waals surface area contributed by atoms with E-state index in [-0.39, 0.29) is 18.1 Å². The van der Waals surface area contributed by atoms with Crippen LogP contribution in [0.25, 0.3) is 0 Å². The normalized spacial score (nSPS) is 24.6. The molecule has 1 rings (SSSR count). The molecule has 0 aliphatic carbocycles. The van der Waals surface area contributed by atoms with Gasteiger partial charge in [-0.1, -0.05) is 12.8 Å². The summed E-state index contributed by atoms with van der Waals surface area (Å²) in [5.41, 5.74) is 5.40. The van der Waals surface area contributed by atoms with Crippen LogP contribution in [0.2, 0.25) is 0 Å². The van der Waals surface area contributed by atoms with E-state index in [1.54, 1.807) is 0 Å². The summed E-state index contributed by atoms with van der Waals surface area (Å²) >= 11 is 0. The van der Waals surface area contributed by atoms with Crippen molar-refractivity contribution in [3.63, 3.8) is 0 Å². The molecule has 1 fully saturated rings. The molecule has 2 unspecified atom stereocenters. The van der Waals surface area contributed by atoms with Gasteiger partial charge in [0, 0.05) is 13.0 Å². The summed E-state index contributed by atoms with van der Waals surface area (Å²) in [6.45, 7) is 3.53. The standard InChI is InChI=1S/C12H24N2O2/c1-10-11(7-9-16-10)14-12(15)6-4-2-3-5-8-13/h10-11H,2-9,13H2,1H3,(H,14,15). The Balaban J connectivity index is 2.02. The lowest BCUT2D eigenvalue weighted by molar-refractivity contribution is -0.122. The SMILES string of the molecule is CC1OCCC1NC(=O)CCCCCCN. The van der Waals surface area contributed by atoms with E-state index in [0.717, 1.165) is 45.3 Å². The van der Waals surface area contributed by atoms with Crippen LogP contribution in [0.1, 0.15) is 45.4 Å². The quantitative estimate of drug-likeness (QED) is 0.643. The zero-order valence-corrected chi connectivity index (χ0v) is 10.2. The van der Waals surface area contributed by atoms with Crippen LogP contribution in [-0.4, -0.2) is 31.2 Å². The lowest BCUT2D eigenvalue weighted by Gasteiger charge is -2.15. The van der Waals surface area contributed by atoms with Gasteiger partial charge in [-0.3, -0.25) is 4.79 Å². The molecule has 0 aromatic carbocycles. The van der Waals surface area contributed by atoms with Gasteiger partial charge in [0.05, 0.1) is 12.1 Å². The molecule has 4 nitrogen and oxygen atoms in total. The maximum atomic E-state index is 11.6. The largest absolute Gasteiger partial charge is 0.376 e. The third-order valence-corrected chi connectivity index (χ3v) is 3.08. The van der Waals surface area contributed by atoms with E-state index in [9.17, 15) is 4.79 Å². The number of nitrogens with two attached hydrogens (primary N) is 1. The molecule has 16 heavy (non-hydrogen) atoms. The molecule has 0 radical (unpaired) electrons. The third-order valence-electron chi connectivity index (χ3n) is 3.08. The molecule has 1 saturated heterocycles. The summed E-state index contributed by atoms with van der Waals surface area (Å²) in [6.07, 6.45) is 6.01. The second-order valence-corrected chi connectivity index (χ2v) is 4.49. The van der Waals surface area contributed by atoms with Crippen molar-refractivity contribution in [1.82, 2.24) is 5.32 Å². The minimum absolute atomic E-state index is 0.162. The highest BCUT2D eigenvalue weighted by atomic mass is 16.5. The minimum Gasteiger partial charge on any atom is -0.376 e. The third kappa shape index (κ3) is 4.94. The number of unbranched alkanes of at least 4 members (excludes halogenated alkanes) is 3.